The molecule has 86 valence electrons. The highest BCUT2D eigenvalue weighted by molar-refractivity contribution is 6.20. The van der Waals surface area contributed by atoms with Crippen molar-refractivity contribution >= 4 is 12.3 Å². The highest BCUT2D eigenvalue weighted by Gasteiger charge is 2.33. The van der Waals surface area contributed by atoms with Gasteiger partial charge in [0.05, 0.1) is 0 Å². The SMILES string of the molecule is CC(C)[C@@H]1CC[C@@H](C)C[C@@H]1OC(=O)C=O. The van der Waals surface area contributed by atoms with Crippen LogP contribution in [0, 0.1) is 17.8 Å². The average molecular weight is 212 g/mol. The van der Waals surface area contributed by atoms with Crippen molar-refractivity contribution in [1.82, 2.24) is 0 Å². The lowest BCUT2D eigenvalue weighted by molar-refractivity contribution is -0.158. The van der Waals surface area contributed by atoms with Gasteiger partial charge in [-0.1, -0.05) is 27.2 Å². The van der Waals surface area contributed by atoms with Crippen LogP contribution in [0.3, 0.4) is 0 Å². The summed E-state index contributed by atoms with van der Waals surface area (Å²) in [5.41, 5.74) is 0. The molecule has 1 fully saturated rings. The van der Waals surface area contributed by atoms with Crippen LogP contribution in [0.1, 0.15) is 40.0 Å². The number of carbonyl (C=O) groups excluding carboxylic acids is 2. The summed E-state index contributed by atoms with van der Waals surface area (Å²) in [5.74, 6) is 0.774. The number of esters is 1. The predicted octanol–water partition coefficient (Wildman–Crippen LogP) is 2.19. The maximum atomic E-state index is 11.0. The number of aldehydes is 1. The molecule has 0 unspecified atom stereocenters. The maximum absolute atomic E-state index is 11.0. The fraction of sp³-hybridized carbons (Fsp3) is 0.833. The van der Waals surface area contributed by atoms with Gasteiger partial charge in [0.25, 0.3) is 0 Å². The Bertz CT molecular complexity index is 235. The Hall–Kier alpha value is -0.860. The van der Waals surface area contributed by atoms with Crippen LogP contribution < -0.4 is 0 Å². The highest BCUT2D eigenvalue weighted by atomic mass is 16.5. The number of hydrogen-bond donors (Lipinski definition) is 0. The van der Waals surface area contributed by atoms with E-state index in [1.165, 1.54) is 6.42 Å². The van der Waals surface area contributed by atoms with E-state index in [2.05, 4.69) is 20.8 Å². The van der Waals surface area contributed by atoms with Gasteiger partial charge in [-0.05, 0) is 30.6 Å². The quantitative estimate of drug-likeness (QED) is 0.409. The molecule has 0 heterocycles. The summed E-state index contributed by atoms with van der Waals surface area (Å²) in [7, 11) is 0. The molecule has 1 rings (SSSR count). The van der Waals surface area contributed by atoms with Crippen LogP contribution in [-0.2, 0) is 14.3 Å². The first-order valence-electron chi connectivity index (χ1n) is 5.70. The first kappa shape index (κ1) is 12.2. The van der Waals surface area contributed by atoms with E-state index in [4.69, 9.17) is 4.74 Å². The summed E-state index contributed by atoms with van der Waals surface area (Å²) in [6, 6.07) is 0. The maximum Gasteiger partial charge on any atom is 0.371 e. The third-order valence-electron chi connectivity index (χ3n) is 3.33. The molecule has 0 amide bonds. The Balaban J connectivity index is 2.61. The molecule has 0 N–H and O–H groups in total. The van der Waals surface area contributed by atoms with Crippen LogP contribution in [0.15, 0.2) is 0 Å². The number of hydrogen-bond acceptors (Lipinski definition) is 3. The van der Waals surface area contributed by atoms with Gasteiger partial charge in [0.1, 0.15) is 6.10 Å². The van der Waals surface area contributed by atoms with Crippen molar-refractivity contribution in [2.75, 3.05) is 0 Å². The molecule has 0 radical (unpaired) electrons. The molecule has 0 aromatic carbocycles. The van der Waals surface area contributed by atoms with E-state index in [0.717, 1.165) is 12.8 Å². The zero-order valence-corrected chi connectivity index (χ0v) is 9.73. The molecular weight excluding hydrogens is 192 g/mol. The first-order valence-corrected chi connectivity index (χ1v) is 5.70. The molecule has 0 bridgehead atoms. The lowest BCUT2D eigenvalue weighted by Crippen LogP contribution is -2.36. The molecule has 0 aromatic rings. The van der Waals surface area contributed by atoms with Gasteiger partial charge in [-0.2, -0.15) is 0 Å². The van der Waals surface area contributed by atoms with Gasteiger partial charge in [-0.25, -0.2) is 4.79 Å². The molecule has 0 spiro atoms. The number of ether oxygens (including phenoxy) is 1. The third kappa shape index (κ3) is 3.33. The Morgan fingerprint density at radius 2 is 2.07 bits per heavy atom. The van der Waals surface area contributed by atoms with Gasteiger partial charge in [0.15, 0.2) is 0 Å². The molecule has 3 atom stereocenters. The van der Waals surface area contributed by atoms with Crippen molar-refractivity contribution in [3.63, 3.8) is 0 Å². The van der Waals surface area contributed by atoms with Crippen molar-refractivity contribution < 1.29 is 14.3 Å². The molecule has 0 aromatic heterocycles. The molecule has 1 aliphatic rings. The molecule has 3 heteroatoms. The summed E-state index contributed by atoms with van der Waals surface area (Å²) < 4.78 is 5.18. The van der Waals surface area contributed by atoms with E-state index >= 15 is 0 Å². The van der Waals surface area contributed by atoms with Crippen LogP contribution >= 0.6 is 0 Å². The van der Waals surface area contributed by atoms with E-state index in [-0.39, 0.29) is 12.4 Å². The van der Waals surface area contributed by atoms with Gasteiger partial charge < -0.3 is 4.74 Å². The van der Waals surface area contributed by atoms with Crippen LogP contribution in [0.2, 0.25) is 0 Å². The second kappa shape index (κ2) is 5.29. The predicted molar refractivity (Wildman–Crippen MR) is 57.3 cm³/mol. The lowest BCUT2D eigenvalue weighted by Gasteiger charge is -2.36. The fourth-order valence-electron chi connectivity index (χ4n) is 2.43. The summed E-state index contributed by atoms with van der Waals surface area (Å²) in [5, 5.41) is 0. The largest absolute Gasteiger partial charge is 0.457 e. The number of rotatable bonds is 3. The van der Waals surface area contributed by atoms with E-state index in [0.29, 0.717) is 17.8 Å². The normalized spacial score (nSPS) is 31.3. The molecule has 1 saturated carbocycles. The van der Waals surface area contributed by atoms with Crippen LogP contribution in [0.5, 0.6) is 0 Å². The summed E-state index contributed by atoms with van der Waals surface area (Å²) in [6.45, 7) is 6.45. The van der Waals surface area contributed by atoms with Gasteiger partial charge >= 0.3 is 5.97 Å². The van der Waals surface area contributed by atoms with Gasteiger partial charge in [-0.15, -0.1) is 0 Å². The van der Waals surface area contributed by atoms with Gasteiger partial charge in [-0.3, -0.25) is 4.79 Å². The summed E-state index contributed by atoms with van der Waals surface area (Å²) in [6.07, 6.45) is 3.37. The minimum atomic E-state index is -0.722. The van der Waals surface area contributed by atoms with E-state index < -0.39 is 5.97 Å². The van der Waals surface area contributed by atoms with Crippen molar-refractivity contribution in [2.24, 2.45) is 17.8 Å². The van der Waals surface area contributed by atoms with Crippen molar-refractivity contribution in [3.05, 3.63) is 0 Å². The molecule has 15 heavy (non-hydrogen) atoms. The summed E-state index contributed by atoms with van der Waals surface area (Å²) >= 11 is 0. The molecule has 3 nitrogen and oxygen atoms in total. The second-order valence-electron chi connectivity index (χ2n) is 4.92. The average Bonchev–Trinajstić information content (AvgIpc) is 2.17. The lowest BCUT2D eigenvalue weighted by atomic mass is 9.75. The minimum Gasteiger partial charge on any atom is -0.457 e. The zero-order chi connectivity index (χ0) is 11.4. The molecular formula is C12H20O3. The van der Waals surface area contributed by atoms with Crippen molar-refractivity contribution in [1.29, 1.82) is 0 Å². The Morgan fingerprint density at radius 1 is 1.40 bits per heavy atom. The van der Waals surface area contributed by atoms with Crippen LogP contribution in [0.25, 0.3) is 0 Å². The van der Waals surface area contributed by atoms with Crippen molar-refractivity contribution in [3.8, 4) is 0 Å². The van der Waals surface area contributed by atoms with Crippen molar-refractivity contribution in [2.45, 2.75) is 46.1 Å². The monoisotopic (exact) mass is 212 g/mol. The molecule has 1 aliphatic carbocycles. The Morgan fingerprint density at radius 3 is 2.60 bits per heavy atom. The van der Waals surface area contributed by atoms with Gasteiger partial charge in [0.2, 0.25) is 6.29 Å². The zero-order valence-electron chi connectivity index (χ0n) is 9.73. The summed E-state index contributed by atoms with van der Waals surface area (Å²) in [4.78, 5) is 21.2. The topological polar surface area (TPSA) is 43.4 Å². The minimum absolute atomic E-state index is 0.0635. The molecule has 0 saturated heterocycles. The Kier molecular flexibility index (Phi) is 4.30. The molecule has 0 aliphatic heterocycles. The highest BCUT2D eigenvalue weighted by Crippen LogP contribution is 2.35. The fourth-order valence-corrected chi connectivity index (χ4v) is 2.43. The van der Waals surface area contributed by atoms with E-state index in [1.807, 2.05) is 0 Å². The standard InChI is InChI=1S/C12H20O3/c1-8(2)10-5-4-9(3)6-11(10)15-12(14)7-13/h7-11H,4-6H2,1-3H3/t9-,10+,11+/m1/s1. The first-order chi connectivity index (χ1) is 7.04. The third-order valence-corrected chi connectivity index (χ3v) is 3.33. The smallest absolute Gasteiger partial charge is 0.371 e. The van der Waals surface area contributed by atoms with Crippen LogP contribution in [0.4, 0.5) is 0 Å². The van der Waals surface area contributed by atoms with E-state index in [9.17, 15) is 9.59 Å². The van der Waals surface area contributed by atoms with E-state index in [1.54, 1.807) is 0 Å². The second-order valence-corrected chi connectivity index (χ2v) is 4.92. The van der Waals surface area contributed by atoms with Crippen LogP contribution in [-0.4, -0.2) is 18.4 Å². The number of carbonyl (C=O) groups is 2. The van der Waals surface area contributed by atoms with Gasteiger partial charge in [0, 0.05) is 0 Å². The Labute approximate surface area is 91.2 Å².